The third-order valence-electron chi connectivity index (χ3n) is 2.10. The highest BCUT2D eigenvalue weighted by Gasteiger charge is 1.88. The summed E-state index contributed by atoms with van der Waals surface area (Å²) in [5, 5.41) is 2.35. The molecule has 0 saturated carbocycles. The van der Waals surface area contributed by atoms with E-state index in [1.807, 2.05) is 6.92 Å². The first-order chi connectivity index (χ1) is 6.15. The molecule has 0 heteroatoms. The average Bonchev–Trinajstić information content (AvgIpc) is 2.04. The Morgan fingerprint density at radius 1 is 1.38 bits per heavy atom. The smallest absolute Gasteiger partial charge is 0.0161 e. The summed E-state index contributed by atoms with van der Waals surface area (Å²) in [6.45, 7) is 10.3. The second-order valence-corrected chi connectivity index (χ2v) is 3.34. The van der Waals surface area contributed by atoms with Crippen LogP contribution in [0, 0.1) is 6.92 Å². The third-order valence-corrected chi connectivity index (χ3v) is 2.10. The Kier molecular flexibility index (Phi) is 3.07. The first kappa shape index (κ1) is 9.79. The number of benzene rings is 1. The molecule has 0 radical (unpaired) electrons. The lowest BCUT2D eigenvalue weighted by atomic mass is 10.1. The van der Waals surface area contributed by atoms with Gasteiger partial charge in [0.05, 0.1) is 0 Å². The molecule has 0 atom stereocenters. The maximum Gasteiger partial charge on any atom is -0.0161 e. The van der Waals surface area contributed by atoms with Crippen molar-refractivity contribution in [3.05, 3.63) is 46.4 Å². The summed E-state index contributed by atoms with van der Waals surface area (Å²) in [6, 6.07) is 6.37. The van der Waals surface area contributed by atoms with Gasteiger partial charge in [0.25, 0.3) is 0 Å². The van der Waals surface area contributed by atoms with Gasteiger partial charge >= 0.3 is 0 Å². The summed E-state index contributed by atoms with van der Waals surface area (Å²) in [5.41, 5.74) is 2.54. The van der Waals surface area contributed by atoms with Gasteiger partial charge in [-0.3, -0.25) is 0 Å². The molecule has 0 aliphatic heterocycles. The summed E-state index contributed by atoms with van der Waals surface area (Å²) < 4.78 is 0. The van der Waals surface area contributed by atoms with Gasteiger partial charge in [-0.2, -0.15) is 0 Å². The van der Waals surface area contributed by atoms with Crippen LogP contribution in [0.5, 0.6) is 0 Å². The quantitative estimate of drug-likeness (QED) is 0.609. The van der Waals surface area contributed by atoms with Crippen LogP contribution < -0.4 is 10.4 Å². The highest BCUT2D eigenvalue weighted by molar-refractivity contribution is 5.54. The Morgan fingerprint density at radius 2 is 2.08 bits per heavy atom. The second-order valence-electron chi connectivity index (χ2n) is 3.34. The van der Waals surface area contributed by atoms with Gasteiger partial charge in [-0.15, -0.1) is 0 Å². The third kappa shape index (κ3) is 2.32. The van der Waals surface area contributed by atoms with E-state index in [4.69, 9.17) is 0 Å². The van der Waals surface area contributed by atoms with E-state index in [9.17, 15) is 0 Å². The molecule has 0 bridgehead atoms. The summed E-state index contributed by atoms with van der Waals surface area (Å²) in [4.78, 5) is 0. The Hall–Kier alpha value is -1.30. The second kappa shape index (κ2) is 4.08. The monoisotopic (exact) mass is 172 g/mol. The molecule has 1 rings (SSSR count). The Bertz CT molecular complexity index is 422. The van der Waals surface area contributed by atoms with Crippen LogP contribution in [0.4, 0.5) is 0 Å². The molecule has 0 aromatic heterocycles. The van der Waals surface area contributed by atoms with Crippen molar-refractivity contribution < 1.29 is 0 Å². The molecule has 68 valence electrons. The molecule has 1 aromatic rings. The molecule has 0 N–H and O–H groups in total. The SMILES string of the molecule is C=c1cc(C)ccc1=C(C)C=CC. The zero-order chi connectivity index (χ0) is 9.84. The Balaban J connectivity index is 3.47. The van der Waals surface area contributed by atoms with Crippen LogP contribution >= 0.6 is 0 Å². The number of hydrogen-bond donors (Lipinski definition) is 0. The van der Waals surface area contributed by atoms with Crippen molar-refractivity contribution in [2.75, 3.05) is 0 Å². The highest BCUT2D eigenvalue weighted by atomic mass is 13.9. The van der Waals surface area contributed by atoms with Gasteiger partial charge in [-0.25, -0.2) is 0 Å². The van der Waals surface area contributed by atoms with Crippen LogP contribution in [0.25, 0.3) is 12.2 Å². The van der Waals surface area contributed by atoms with E-state index < -0.39 is 0 Å². The topological polar surface area (TPSA) is 0 Å². The molecule has 0 heterocycles. The molecule has 0 saturated heterocycles. The van der Waals surface area contributed by atoms with E-state index in [1.54, 1.807) is 0 Å². The van der Waals surface area contributed by atoms with Crippen LogP contribution in [0.15, 0.2) is 30.4 Å². The van der Waals surface area contributed by atoms with E-state index in [0.717, 1.165) is 5.22 Å². The van der Waals surface area contributed by atoms with Crippen molar-refractivity contribution in [2.24, 2.45) is 0 Å². The molecule has 0 nitrogen and oxygen atoms in total. The zero-order valence-corrected chi connectivity index (χ0v) is 8.59. The maximum absolute atomic E-state index is 4.03. The minimum Gasteiger partial charge on any atom is -0.0911 e. The largest absolute Gasteiger partial charge is 0.0911 e. The number of allylic oxidation sites excluding steroid dienone is 2. The predicted octanol–water partition coefficient (Wildman–Crippen LogP) is 2.15. The van der Waals surface area contributed by atoms with Gasteiger partial charge in [0, 0.05) is 0 Å². The van der Waals surface area contributed by atoms with Crippen LogP contribution in [-0.2, 0) is 0 Å². The summed E-state index contributed by atoms with van der Waals surface area (Å²) in [7, 11) is 0. The molecule has 0 amide bonds. The van der Waals surface area contributed by atoms with E-state index in [1.165, 1.54) is 16.4 Å². The van der Waals surface area contributed by atoms with Crippen molar-refractivity contribution in [3.8, 4) is 0 Å². The zero-order valence-electron chi connectivity index (χ0n) is 8.59. The molecule has 0 aliphatic rings. The normalized spacial score (nSPS) is 13.5. The van der Waals surface area contributed by atoms with E-state index in [0.29, 0.717) is 0 Å². The van der Waals surface area contributed by atoms with Crippen molar-refractivity contribution in [1.82, 2.24) is 0 Å². The van der Waals surface area contributed by atoms with Crippen LogP contribution in [0.1, 0.15) is 19.4 Å². The lowest BCUT2D eigenvalue weighted by Crippen LogP contribution is -2.24. The fourth-order valence-corrected chi connectivity index (χ4v) is 1.45. The van der Waals surface area contributed by atoms with Crippen molar-refractivity contribution >= 4 is 12.2 Å². The molecule has 0 spiro atoms. The Labute approximate surface area is 79.9 Å². The molecular weight excluding hydrogens is 156 g/mol. The number of rotatable bonds is 1. The summed E-state index contributed by atoms with van der Waals surface area (Å²) in [6.07, 6.45) is 4.16. The van der Waals surface area contributed by atoms with E-state index in [2.05, 4.69) is 50.8 Å². The maximum atomic E-state index is 4.03. The highest BCUT2D eigenvalue weighted by Crippen LogP contribution is 1.92. The average molecular weight is 172 g/mol. The van der Waals surface area contributed by atoms with Gasteiger partial charge in [-0.05, 0) is 36.8 Å². The van der Waals surface area contributed by atoms with E-state index in [-0.39, 0.29) is 0 Å². The molecule has 1 aromatic carbocycles. The Morgan fingerprint density at radius 3 is 2.62 bits per heavy atom. The van der Waals surface area contributed by atoms with Crippen LogP contribution in [-0.4, -0.2) is 0 Å². The van der Waals surface area contributed by atoms with Gasteiger partial charge in [0.15, 0.2) is 0 Å². The van der Waals surface area contributed by atoms with Crippen LogP contribution in [0.3, 0.4) is 0 Å². The minimum atomic E-state index is 1.11. The van der Waals surface area contributed by atoms with Crippen molar-refractivity contribution in [3.63, 3.8) is 0 Å². The number of hydrogen-bond acceptors (Lipinski definition) is 0. The number of aryl methyl sites for hydroxylation is 1. The standard InChI is InChI=1S/C13H16/c1-5-6-11(3)13-8-7-10(2)9-12(13)4/h5-9H,4H2,1-3H3. The first-order valence-corrected chi connectivity index (χ1v) is 4.54. The molecule has 13 heavy (non-hydrogen) atoms. The fourth-order valence-electron chi connectivity index (χ4n) is 1.45. The molecule has 0 fully saturated rings. The van der Waals surface area contributed by atoms with Crippen molar-refractivity contribution in [2.45, 2.75) is 20.8 Å². The van der Waals surface area contributed by atoms with E-state index >= 15 is 0 Å². The lowest BCUT2D eigenvalue weighted by molar-refractivity contribution is 1.39. The molecule has 0 unspecified atom stereocenters. The molecule has 0 aliphatic carbocycles. The fraction of sp³-hybridized carbons (Fsp3) is 0.231. The lowest BCUT2D eigenvalue weighted by Gasteiger charge is -1.95. The van der Waals surface area contributed by atoms with Gasteiger partial charge in [-0.1, -0.05) is 42.5 Å². The first-order valence-electron chi connectivity index (χ1n) is 4.54. The van der Waals surface area contributed by atoms with Gasteiger partial charge < -0.3 is 0 Å². The summed E-state index contributed by atoms with van der Waals surface area (Å²) in [5.74, 6) is 0. The predicted molar refractivity (Wildman–Crippen MR) is 59.8 cm³/mol. The van der Waals surface area contributed by atoms with Gasteiger partial charge in [0.1, 0.15) is 0 Å². The minimum absolute atomic E-state index is 1.11. The summed E-state index contributed by atoms with van der Waals surface area (Å²) >= 11 is 0. The van der Waals surface area contributed by atoms with Crippen LogP contribution in [0.2, 0.25) is 0 Å². The van der Waals surface area contributed by atoms with Gasteiger partial charge in [0.2, 0.25) is 0 Å². The van der Waals surface area contributed by atoms with Crippen molar-refractivity contribution in [1.29, 1.82) is 0 Å². The molecular formula is C13H16.